The van der Waals surface area contributed by atoms with Crippen LogP contribution in [0, 0.1) is 0 Å². The summed E-state index contributed by atoms with van der Waals surface area (Å²) >= 11 is 0. The minimum absolute atomic E-state index is 0.306. The Morgan fingerprint density at radius 1 is 0.944 bits per heavy atom. The second kappa shape index (κ2) is 8.99. The molecule has 3 aliphatic rings. The number of morpholine rings is 1. The maximum absolute atomic E-state index is 6.43. The van der Waals surface area contributed by atoms with Gasteiger partial charge in [0.15, 0.2) is 5.82 Å². The lowest BCUT2D eigenvalue weighted by atomic mass is 10.1. The van der Waals surface area contributed by atoms with Crippen molar-refractivity contribution in [2.24, 2.45) is 0 Å². The molecule has 9 heteroatoms. The molecule has 2 bridgehead atoms. The first-order valence-corrected chi connectivity index (χ1v) is 12.9. The Morgan fingerprint density at radius 3 is 2.61 bits per heavy atom. The molecule has 3 saturated heterocycles. The minimum Gasteiger partial charge on any atom is -0.382 e. The van der Waals surface area contributed by atoms with E-state index < -0.39 is 0 Å². The Bertz CT molecular complexity index is 1380. The van der Waals surface area contributed by atoms with Gasteiger partial charge >= 0.3 is 0 Å². The molecule has 9 nitrogen and oxygen atoms in total. The average molecular weight is 486 g/mol. The molecule has 6 heterocycles. The van der Waals surface area contributed by atoms with Gasteiger partial charge in [0, 0.05) is 50.2 Å². The van der Waals surface area contributed by atoms with Gasteiger partial charge in [-0.2, -0.15) is 10.2 Å². The van der Waals surface area contributed by atoms with Crippen LogP contribution in [0.2, 0.25) is 0 Å². The van der Waals surface area contributed by atoms with Gasteiger partial charge in [0.05, 0.1) is 29.6 Å². The summed E-state index contributed by atoms with van der Waals surface area (Å²) in [6, 6.07) is 13.3. The van der Waals surface area contributed by atoms with E-state index in [0.29, 0.717) is 24.1 Å². The number of hydrogen-bond acceptors (Lipinski definition) is 7. The third-order valence-electron chi connectivity index (χ3n) is 7.81. The van der Waals surface area contributed by atoms with Crippen molar-refractivity contribution in [3.63, 3.8) is 0 Å². The van der Waals surface area contributed by atoms with E-state index in [1.165, 1.54) is 24.7 Å². The highest BCUT2D eigenvalue weighted by atomic mass is 16.5. The van der Waals surface area contributed by atoms with Crippen LogP contribution in [0.25, 0.3) is 28.0 Å². The number of nitrogens with zero attached hydrogens (tertiary/aromatic N) is 6. The topological polar surface area (TPSA) is 95.7 Å². The molecule has 2 N–H and O–H groups in total. The molecule has 0 spiro atoms. The third kappa shape index (κ3) is 3.87. The number of rotatable bonds is 5. The van der Waals surface area contributed by atoms with Crippen LogP contribution in [-0.4, -0.2) is 67.8 Å². The van der Waals surface area contributed by atoms with Crippen LogP contribution in [0.3, 0.4) is 0 Å². The number of nitrogen functional groups attached to an aromatic ring is 1. The maximum atomic E-state index is 6.43. The first-order chi connectivity index (χ1) is 17.7. The number of anilines is 1. The minimum atomic E-state index is 0.306. The zero-order valence-electron chi connectivity index (χ0n) is 20.3. The third-order valence-corrected chi connectivity index (χ3v) is 7.81. The molecule has 186 valence electrons. The molecule has 0 aliphatic carbocycles. The lowest BCUT2D eigenvalue weighted by Gasteiger charge is -2.32. The van der Waals surface area contributed by atoms with Crippen molar-refractivity contribution < 1.29 is 9.47 Å². The van der Waals surface area contributed by atoms with Gasteiger partial charge in [0.2, 0.25) is 0 Å². The van der Waals surface area contributed by atoms with Crippen molar-refractivity contribution in [2.45, 2.75) is 50.5 Å². The second-order valence-corrected chi connectivity index (χ2v) is 10.2. The highest BCUT2D eigenvalue weighted by Crippen LogP contribution is 2.37. The van der Waals surface area contributed by atoms with E-state index in [1.54, 1.807) is 0 Å². The number of fused-ring (bicyclic) bond motifs is 3. The summed E-state index contributed by atoms with van der Waals surface area (Å²) in [4.78, 5) is 6.85. The summed E-state index contributed by atoms with van der Waals surface area (Å²) in [5.41, 5.74) is 12.7. The van der Waals surface area contributed by atoms with Crippen LogP contribution >= 0.6 is 0 Å². The SMILES string of the molecule is Nc1ncnn2c(-c3cccc(CN4C[C@@H]5CC[C@@H](C4)O5)c3)cc(-c3ccnn3C3CCOCC3)c12. The molecule has 0 radical (unpaired) electrons. The van der Waals surface area contributed by atoms with Crippen molar-refractivity contribution in [3.8, 4) is 22.5 Å². The monoisotopic (exact) mass is 485 g/mol. The quantitative estimate of drug-likeness (QED) is 0.462. The van der Waals surface area contributed by atoms with Gasteiger partial charge in [-0.25, -0.2) is 9.50 Å². The zero-order chi connectivity index (χ0) is 24.1. The van der Waals surface area contributed by atoms with Gasteiger partial charge in [0.25, 0.3) is 0 Å². The van der Waals surface area contributed by atoms with Crippen molar-refractivity contribution in [3.05, 3.63) is 54.5 Å². The Labute approximate surface area is 209 Å². The lowest BCUT2D eigenvalue weighted by Crippen LogP contribution is -2.41. The van der Waals surface area contributed by atoms with Gasteiger partial charge in [-0.3, -0.25) is 9.58 Å². The molecule has 4 aromatic rings. The van der Waals surface area contributed by atoms with Crippen LogP contribution in [0.5, 0.6) is 0 Å². The van der Waals surface area contributed by atoms with E-state index >= 15 is 0 Å². The average Bonchev–Trinajstić information content (AvgIpc) is 3.62. The summed E-state index contributed by atoms with van der Waals surface area (Å²) in [6.45, 7) is 4.47. The summed E-state index contributed by atoms with van der Waals surface area (Å²) < 4.78 is 15.6. The van der Waals surface area contributed by atoms with Crippen molar-refractivity contribution in [2.75, 3.05) is 32.0 Å². The number of likely N-dealkylation sites (tertiary alicyclic amines) is 1. The largest absolute Gasteiger partial charge is 0.382 e. The van der Waals surface area contributed by atoms with Crippen LogP contribution < -0.4 is 5.73 Å². The standard InChI is InChI=1S/C27H31N7O2/c28-27-26-23(24-6-9-30-33(24)20-7-10-35-11-8-20)13-25(34(26)31-17-29-27)19-3-1-2-18(12-19)14-32-15-21-4-5-22(16-32)36-21/h1-3,6,9,12-13,17,20-22H,4-5,7-8,10-11,14-16H2,(H2,28,29,31)/t21-,22-/m0/s1. The maximum Gasteiger partial charge on any atom is 0.152 e. The number of ether oxygens (including phenoxy) is 2. The van der Waals surface area contributed by atoms with E-state index in [0.717, 1.165) is 73.7 Å². The Hall–Kier alpha value is -3.27. The fourth-order valence-electron chi connectivity index (χ4n) is 6.13. The fraction of sp³-hybridized carbons (Fsp3) is 0.444. The molecule has 36 heavy (non-hydrogen) atoms. The van der Waals surface area contributed by atoms with E-state index in [1.807, 2.05) is 10.7 Å². The molecule has 2 atom stereocenters. The second-order valence-electron chi connectivity index (χ2n) is 10.2. The smallest absolute Gasteiger partial charge is 0.152 e. The van der Waals surface area contributed by atoms with E-state index in [4.69, 9.17) is 15.2 Å². The lowest BCUT2D eigenvalue weighted by molar-refractivity contribution is -0.0410. The Balaban J connectivity index is 1.27. The first kappa shape index (κ1) is 22.0. The van der Waals surface area contributed by atoms with Crippen molar-refractivity contribution >= 4 is 11.3 Å². The van der Waals surface area contributed by atoms with Crippen LogP contribution in [0.15, 0.2) is 48.9 Å². The van der Waals surface area contributed by atoms with Gasteiger partial charge in [-0.1, -0.05) is 18.2 Å². The number of nitrogens with two attached hydrogens (primary N) is 1. The normalized spacial score (nSPS) is 23.0. The number of hydrogen-bond donors (Lipinski definition) is 1. The molecule has 3 fully saturated rings. The molecule has 0 unspecified atom stereocenters. The predicted octanol–water partition coefficient (Wildman–Crippen LogP) is 3.56. The predicted molar refractivity (Wildman–Crippen MR) is 136 cm³/mol. The Kier molecular flexibility index (Phi) is 5.49. The molecule has 0 saturated carbocycles. The highest BCUT2D eigenvalue weighted by molar-refractivity contribution is 5.90. The van der Waals surface area contributed by atoms with Crippen LogP contribution in [0.4, 0.5) is 5.82 Å². The van der Waals surface area contributed by atoms with Crippen molar-refractivity contribution in [1.82, 2.24) is 29.3 Å². The summed E-state index contributed by atoms with van der Waals surface area (Å²) in [5, 5.41) is 9.30. The van der Waals surface area contributed by atoms with Crippen molar-refractivity contribution in [1.29, 1.82) is 0 Å². The molecule has 0 amide bonds. The highest BCUT2D eigenvalue weighted by Gasteiger charge is 2.33. The van der Waals surface area contributed by atoms with Gasteiger partial charge in [0.1, 0.15) is 11.8 Å². The summed E-state index contributed by atoms with van der Waals surface area (Å²) in [6.07, 6.45) is 8.45. The number of benzene rings is 1. The zero-order valence-corrected chi connectivity index (χ0v) is 20.3. The molecule has 7 rings (SSSR count). The molecule has 3 aromatic heterocycles. The first-order valence-electron chi connectivity index (χ1n) is 12.9. The van der Waals surface area contributed by atoms with E-state index in [9.17, 15) is 0 Å². The van der Waals surface area contributed by atoms with Crippen LogP contribution in [-0.2, 0) is 16.0 Å². The van der Waals surface area contributed by atoms with Gasteiger partial charge in [-0.15, -0.1) is 0 Å². The number of aromatic nitrogens is 5. The summed E-state index contributed by atoms with van der Waals surface area (Å²) in [7, 11) is 0. The molecular weight excluding hydrogens is 454 g/mol. The van der Waals surface area contributed by atoms with E-state index in [2.05, 4.69) is 61.2 Å². The fourth-order valence-corrected chi connectivity index (χ4v) is 6.13. The van der Waals surface area contributed by atoms with Crippen LogP contribution in [0.1, 0.15) is 37.3 Å². The molecule has 1 aromatic carbocycles. The summed E-state index contributed by atoms with van der Waals surface area (Å²) in [5.74, 6) is 0.464. The molecule has 3 aliphatic heterocycles. The van der Waals surface area contributed by atoms with E-state index in [-0.39, 0.29) is 0 Å². The Morgan fingerprint density at radius 2 is 1.78 bits per heavy atom. The van der Waals surface area contributed by atoms with Gasteiger partial charge < -0.3 is 15.2 Å². The van der Waals surface area contributed by atoms with Gasteiger partial charge in [-0.05, 0) is 49.4 Å². The molecular formula is C27H31N7O2.